The van der Waals surface area contributed by atoms with E-state index in [1.165, 1.54) is 11.3 Å². The molecular weight excluding hydrogens is 330 g/mol. The Hall–Kier alpha value is -1.33. The maximum atomic E-state index is 5.34. The molecule has 0 spiro atoms. The van der Waals surface area contributed by atoms with Gasteiger partial charge < -0.3 is 10.1 Å². The van der Waals surface area contributed by atoms with Crippen molar-refractivity contribution in [2.45, 2.75) is 25.8 Å². The molecule has 1 atom stereocenters. The Labute approximate surface area is 134 Å². The van der Waals surface area contributed by atoms with Gasteiger partial charge in [-0.15, -0.1) is 0 Å². The van der Waals surface area contributed by atoms with Gasteiger partial charge in [0.05, 0.1) is 7.11 Å². The molecule has 0 saturated carbocycles. The minimum Gasteiger partial charge on any atom is -0.497 e. The van der Waals surface area contributed by atoms with Crippen LogP contribution in [0.4, 0.5) is 0 Å². The number of ether oxygens (including phenoxy) is 1. The predicted octanol–water partition coefficient (Wildman–Crippen LogP) is 3.47. The molecule has 1 aromatic heterocycles. The van der Waals surface area contributed by atoms with Crippen LogP contribution in [0, 0.1) is 0 Å². The van der Waals surface area contributed by atoms with Crippen molar-refractivity contribution in [1.29, 1.82) is 0 Å². The molecule has 2 aromatic rings. The van der Waals surface area contributed by atoms with Gasteiger partial charge in [0.1, 0.15) is 5.75 Å². The van der Waals surface area contributed by atoms with E-state index in [-0.39, 0.29) is 6.04 Å². The molecule has 114 valence electrons. The Morgan fingerprint density at radius 1 is 1.38 bits per heavy atom. The number of benzene rings is 1. The lowest BCUT2D eigenvalue weighted by Gasteiger charge is -2.20. The second-order valence-corrected chi connectivity index (χ2v) is 5.84. The highest BCUT2D eigenvalue weighted by Crippen LogP contribution is 2.30. The average Bonchev–Trinajstić information content (AvgIpc) is 2.89. The van der Waals surface area contributed by atoms with Crippen LogP contribution in [0.3, 0.4) is 0 Å². The number of aromatic nitrogens is 2. The van der Waals surface area contributed by atoms with Crippen LogP contribution in [0.5, 0.6) is 5.75 Å². The number of rotatable bonds is 7. The summed E-state index contributed by atoms with van der Waals surface area (Å²) < 4.78 is 8.39. The Balaban J connectivity index is 2.16. The first-order valence-corrected chi connectivity index (χ1v) is 7.98. The van der Waals surface area contributed by atoms with E-state index in [4.69, 9.17) is 4.74 Å². The molecule has 1 N–H and O–H groups in total. The molecular formula is C16H22BrN3O. The molecule has 1 unspecified atom stereocenters. The second-order valence-electron chi connectivity index (χ2n) is 4.98. The SMILES string of the molecule is CCNC(CCc1ccnn1C)c1cc(OC)ccc1Br. The fourth-order valence-electron chi connectivity index (χ4n) is 2.47. The summed E-state index contributed by atoms with van der Waals surface area (Å²) in [7, 11) is 3.68. The van der Waals surface area contributed by atoms with Crippen molar-refractivity contribution in [3.63, 3.8) is 0 Å². The molecule has 1 aromatic carbocycles. The van der Waals surface area contributed by atoms with Crippen LogP contribution in [0.1, 0.15) is 30.6 Å². The van der Waals surface area contributed by atoms with Gasteiger partial charge >= 0.3 is 0 Å². The van der Waals surface area contributed by atoms with E-state index in [2.05, 4.69) is 45.4 Å². The lowest BCUT2D eigenvalue weighted by atomic mass is 10.0. The summed E-state index contributed by atoms with van der Waals surface area (Å²) in [5.74, 6) is 0.886. The monoisotopic (exact) mass is 351 g/mol. The first-order chi connectivity index (χ1) is 10.2. The fraction of sp³-hybridized carbons (Fsp3) is 0.438. The number of aryl methyl sites for hydroxylation is 2. The molecule has 1 heterocycles. The third-order valence-electron chi connectivity index (χ3n) is 3.64. The molecule has 0 aliphatic rings. The quantitative estimate of drug-likeness (QED) is 0.829. The van der Waals surface area contributed by atoms with Crippen molar-refractivity contribution < 1.29 is 4.74 Å². The maximum absolute atomic E-state index is 5.34. The number of hydrogen-bond donors (Lipinski definition) is 1. The predicted molar refractivity (Wildman–Crippen MR) is 88.6 cm³/mol. The second kappa shape index (κ2) is 7.61. The molecule has 0 amide bonds. The van der Waals surface area contributed by atoms with Gasteiger partial charge in [0.25, 0.3) is 0 Å². The van der Waals surface area contributed by atoms with Crippen LogP contribution in [0.25, 0.3) is 0 Å². The van der Waals surface area contributed by atoms with Crippen LogP contribution in [0.2, 0.25) is 0 Å². The minimum absolute atomic E-state index is 0.286. The Morgan fingerprint density at radius 2 is 2.19 bits per heavy atom. The molecule has 0 saturated heterocycles. The first-order valence-electron chi connectivity index (χ1n) is 7.19. The minimum atomic E-state index is 0.286. The number of halogens is 1. The molecule has 0 bridgehead atoms. The summed E-state index contributed by atoms with van der Waals surface area (Å²) in [6.45, 7) is 3.06. The van der Waals surface area contributed by atoms with Crippen molar-refractivity contribution in [3.05, 3.63) is 46.2 Å². The largest absolute Gasteiger partial charge is 0.497 e. The molecule has 0 radical (unpaired) electrons. The maximum Gasteiger partial charge on any atom is 0.119 e. The third kappa shape index (κ3) is 4.08. The molecule has 0 aliphatic heterocycles. The summed E-state index contributed by atoms with van der Waals surface area (Å²) in [6, 6.07) is 8.47. The Morgan fingerprint density at radius 3 is 2.81 bits per heavy atom. The van der Waals surface area contributed by atoms with Gasteiger partial charge in [-0.05, 0) is 49.2 Å². The standard InChI is InChI=1S/C16H22BrN3O/c1-4-18-16(8-5-12-9-10-19-20(12)2)14-11-13(21-3)6-7-15(14)17/h6-7,9-11,16,18H,4-5,8H2,1-3H3. The molecule has 0 fully saturated rings. The highest BCUT2D eigenvalue weighted by Gasteiger charge is 2.15. The summed E-state index contributed by atoms with van der Waals surface area (Å²) in [6.07, 6.45) is 3.84. The van der Waals surface area contributed by atoms with Gasteiger partial charge in [0, 0.05) is 29.5 Å². The molecule has 4 nitrogen and oxygen atoms in total. The average molecular weight is 352 g/mol. The van der Waals surface area contributed by atoms with Gasteiger partial charge in [0.2, 0.25) is 0 Å². The van der Waals surface area contributed by atoms with E-state index in [1.54, 1.807) is 7.11 Å². The van der Waals surface area contributed by atoms with Crippen molar-refractivity contribution in [2.75, 3.05) is 13.7 Å². The Bertz CT molecular complexity index is 583. The van der Waals surface area contributed by atoms with E-state index >= 15 is 0 Å². The smallest absolute Gasteiger partial charge is 0.119 e. The van der Waals surface area contributed by atoms with Crippen molar-refractivity contribution in [1.82, 2.24) is 15.1 Å². The van der Waals surface area contributed by atoms with E-state index in [9.17, 15) is 0 Å². The molecule has 0 aliphatic carbocycles. The fourth-order valence-corrected chi connectivity index (χ4v) is 2.99. The van der Waals surface area contributed by atoms with Crippen molar-refractivity contribution in [3.8, 4) is 5.75 Å². The zero-order valence-electron chi connectivity index (χ0n) is 12.8. The summed E-state index contributed by atoms with van der Waals surface area (Å²) in [5, 5.41) is 7.78. The van der Waals surface area contributed by atoms with E-state index < -0.39 is 0 Å². The zero-order valence-corrected chi connectivity index (χ0v) is 14.4. The highest BCUT2D eigenvalue weighted by molar-refractivity contribution is 9.10. The lowest BCUT2D eigenvalue weighted by Crippen LogP contribution is -2.22. The third-order valence-corrected chi connectivity index (χ3v) is 4.36. The van der Waals surface area contributed by atoms with Crippen LogP contribution < -0.4 is 10.1 Å². The molecule has 21 heavy (non-hydrogen) atoms. The van der Waals surface area contributed by atoms with Crippen LogP contribution in [-0.2, 0) is 13.5 Å². The number of nitrogens with one attached hydrogen (secondary N) is 1. The molecule has 2 rings (SSSR count). The van der Waals surface area contributed by atoms with Gasteiger partial charge in [-0.25, -0.2) is 0 Å². The van der Waals surface area contributed by atoms with E-state index in [0.29, 0.717) is 0 Å². The normalized spacial score (nSPS) is 12.4. The molecule has 5 heteroatoms. The lowest BCUT2D eigenvalue weighted by molar-refractivity contribution is 0.412. The van der Waals surface area contributed by atoms with Crippen molar-refractivity contribution in [2.24, 2.45) is 7.05 Å². The summed E-state index contributed by atoms with van der Waals surface area (Å²) >= 11 is 3.65. The van der Waals surface area contributed by atoms with Crippen LogP contribution in [-0.4, -0.2) is 23.4 Å². The van der Waals surface area contributed by atoms with Crippen LogP contribution in [0.15, 0.2) is 34.9 Å². The van der Waals surface area contributed by atoms with Crippen LogP contribution >= 0.6 is 15.9 Å². The van der Waals surface area contributed by atoms with Gasteiger partial charge in [0.15, 0.2) is 0 Å². The highest BCUT2D eigenvalue weighted by atomic mass is 79.9. The number of hydrogen-bond acceptors (Lipinski definition) is 3. The van der Waals surface area contributed by atoms with Crippen molar-refractivity contribution >= 4 is 15.9 Å². The summed E-state index contributed by atoms with van der Waals surface area (Å²) in [5.41, 5.74) is 2.48. The number of nitrogens with zero attached hydrogens (tertiary/aromatic N) is 2. The topological polar surface area (TPSA) is 39.1 Å². The van der Waals surface area contributed by atoms with E-state index in [0.717, 1.165) is 29.6 Å². The van der Waals surface area contributed by atoms with Gasteiger partial charge in [-0.2, -0.15) is 5.10 Å². The zero-order chi connectivity index (χ0) is 15.2. The number of methoxy groups -OCH3 is 1. The van der Waals surface area contributed by atoms with Gasteiger partial charge in [-0.3, -0.25) is 4.68 Å². The summed E-state index contributed by atoms with van der Waals surface area (Å²) in [4.78, 5) is 0. The Kier molecular flexibility index (Phi) is 5.82. The van der Waals surface area contributed by atoms with Gasteiger partial charge in [-0.1, -0.05) is 22.9 Å². The first kappa shape index (κ1) is 16.0. The van der Waals surface area contributed by atoms with E-state index in [1.807, 2.05) is 30.1 Å².